The first-order chi connectivity index (χ1) is 15.4. The maximum atomic E-state index is 13.8. The normalized spacial score (nSPS) is 22.8. The monoisotopic (exact) mass is 452 g/mol. The van der Waals surface area contributed by atoms with Gasteiger partial charge < -0.3 is 10.4 Å². The van der Waals surface area contributed by atoms with Crippen LogP contribution in [0.2, 0.25) is 0 Å². The van der Waals surface area contributed by atoms with Gasteiger partial charge in [-0.15, -0.1) is 0 Å². The summed E-state index contributed by atoms with van der Waals surface area (Å²) in [6.45, 7) is 2.10. The largest absolute Gasteiger partial charge is 0.394 e. The summed E-state index contributed by atoms with van der Waals surface area (Å²) >= 11 is 0. The van der Waals surface area contributed by atoms with Gasteiger partial charge in [0, 0.05) is 18.2 Å². The first-order valence-corrected chi connectivity index (χ1v) is 12.2. The van der Waals surface area contributed by atoms with E-state index in [0.717, 1.165) is 22.4 Å². The van der Waals surface area contributed by atoms with E-state index in [0.29, 0.717) is 23.4 Å². The van der Waals surface area contributed by atoms with Gasteiger partial charge in [-0.2, -0.15) is 4.31 Å². The molecule has 2 aliphatic rings. The van der Waals surface area contributed by atoms with Crippen LogP contribution in [0.15, 0.2) is 71.6 Å². The minimum absolute atomic E-state index is 0.0611. The first-order valence-electron chi connectivity index (χ1n) is 10.7. The Kier molecular flexibility index (Phi) is 5.28. The maximum Gasteiger partial charge on any atom is 0.243 e. The second kappa shape index (κ2) is 7.99. The quantitative estimate of drug-likeness (QED) is 0.618. The predicted molar refractivity (Wildman–Crippen MR) is 122 cm³/mol. The van der Waals surface area contributed by atoms with Gasteiger partial charge in [0.25, 0.3) is 0 Å². The average molecular weight is 453 g/mol. The van der Waals surface area contributed by atoms with Crippen molar-refractivity contribution in [1.82, 2.24) is 4.31 Å². The van der Waals surface area contributed by atoms with Gasteiger partial charge in [0.15, 0.2) is 0 Å². The third kappa shape index (κ3) is 3.41. The highest BCUT2D eigenvalue weighted by molar-refractivity contribution is 7.89. The molecule has 0 bridgehead atoms. The highest BCUT2D eigenvalue weighted by Crippen LogP contribution is 2.49. The van der Waals surface area contributed by atoms with E-state index in [1.54, 1.807) is 35.5 Å². The Balaban J connectivity index is 1.63. The topological polar surface area (TPSA) is 69.6 Å². The van der Waals surface area contributed by atoms with Crippen molar-refractivity contribution in [3.63, 3.8) is 0 Å². The molecule has 0 saturated carbocycles. The summed E-state index contributed by atoms with van der Waals surface area (Å²) in [5, 5.41) is 13.4. The number of benzene rings is 3. The number of aryl methyl sites for hydroxylation is 1. The zero-order valence-corrected chi connectivity index (χ0v) is 18.5. The van der Waals surface area contributed by atoms with E-state index in [9.17, 15) is 17.9 Å². The number of nitrogens with one attached hydrogen (secondary N) is 1. The van der Waals surface area contributed by atoms with E-state index in [1.165, 1.54) is 12.1 Å². The van der Waals surface area contributed by atoms with Gasteiger partial charge in [-0.05, 0) is 65.9 Å². The highest BCUT2D eigenvalue weighted by atomic mass is 32.2. The van der Waals surface area contributed by atoms with Crippen molar-refractivity contribution in [3.05, 3.63) is 83.7 Å². The predicted octanol–water partition coefficient (Wildman–Crippen LogP) is 4.34. The van der Waals surface area contributed by atoms with Crippen LogP contribution in [-0.2, 0) is 10.0 Å². The van der Waals surface area contributed by atoms with Crippen molar-refractivity contribution >= 4 is 15.7 Å². The van der Waals surface area contributed by atoms with Gasteiger partial charge >= 0.3 is 0 Å². The van der Waals surface area contributed by atoms with Gasteiger partial charge in [-0.25, -0.2) is 12.8 Å². The molecule has 1 saturated heterocycles. The van der Waals surface area contributed by atoms with Crippen molar-refractivity contribution in [2.24, 2.45) is 5.92 Å². The fourth-order valence-electron chi connectivity index (χ4n) is 5.11. The summed E-state index contributed by atoms with van der Waals surface area (Å²) in [7, 11) is -3.73. The van der Waals surface area contributed by atoms with E-state index >= 15 is 0 Å². The minimum Gasteiger partial charge on any atom is -0.394 e. The van der Waals surface area contributed by atoms with Crippen LogP contribution < -0.4 is 5.32 Å². The van der Waals surface area contributed by atoms with Crippen LogP contribution >= 0.6 is 0 Å². The van der Waals surface area contributed by atoms with Gasteiger partial charge in [-0.1, -0.05) is 36.4 Å². The summed E-state index contributed by atoms with van der Waals surface area (Å²) in [4.78, 5) is 0.308. The fraction of sp³-hybridized carbons (Fsp3) is 0.280. The van der Waals surface area contributed by atoms with E-state index < -0.39 is 16.1 Å². The molecule has 2 aliphatic heterocycles. The average Bonchev–Trinajstić information content (AvgIpc) is 3.25. The molecule has 32 heavy (non-hydrogen) atoms. The number of fused-ring (bicyclic) bond motifs is 3. The molecule has 2 N–H and O–H groups in total. The first kappa shape index (κ1) is 21.1. The Morgan fingerprint density at radius 3 is 2.59 bits per heavy atom. The van der Waals surface area contributed by atoms with Crippen molar-refractivity contribution in [1.29, 1.82) is 0 Å². The molecule has 3 aromatic carbocycles. The Morgan fingerprint density at radius 2 is 1.84 bits per heavy atom. The van der Waals surface area contributed by atoms with E-state index in [2.05, 4.69) is 5.32 Å². The second-order valence-corrected chi connectivity index (χ2v) is 10.4. The Labute approximate surface area is 187 Å². The number of sulfonamides is 1. The fourth-order valence-corrected chi connectivity index (χ4v) is 7.00. The summed E-state index contributed by atoms with van der Waals surface area (Å²) < 4.78 is 42.8. The summed E-state index contributed by atoms with van der Waals surface area (Å²) in [6.07, 6.45) is 0.650. The molecule has 0 spiro atoms. The molecule has 0 aromatic heterocycles. The Hall–Kier alpha value is -2.74. The van der Waals surface area contributed by atoms with E-state index in [1.807, 2.05) is 30.3 Å². The number of nitrogens with zero attached hydrogens (tertiary/aromatic N) is 1. The Bertz CT molecular complexity index is 1280. The lowest BCUT2D eigenvalue weighted by molar-refractivity contribution is 0.210. The lowest BCUT2D eigenvalue weighted by Crippen LogP contribution is -2.42. The molecular formula is C25H25FN2O3S. The molecule has 1 fully saturated rings. The SMILES string of the molecule is Cc1ccccc1S(=O)(=O)N1CC[C@@H]2[C@H](CO)Nc3ccc(-c4cccc(F)c4)cc3[C@@H]21. The number of aliphatic hydroxyl groups is 1. The lowest BCUT2D eigenvalue weighted by atomic mass is 9.82. The molecule has 166 valence electrons. The standard InChI is InChI=1S/C25H25FN2O3S/c1-16-5-2-3-8-24(16)32(30,31)28-12-11-20-23(15-29)27-22-10-9-18(14-21(22)25(20)28)17-6-4-7-19(26)13-17/h2-10,13-14,20,23,25,27,29H,11-12,15H2,1H3/t20-,23+,25-/m1/s1. The van der Waals surface area contributed by atoms with Crippen LogP contribution in [0, 0.1) is 18.7 Å². The molecule has 7 heteroatoms. The number of aliphatic hydroxyl groups excluding tert-OH is 1. The third-order valence-electron chi connectivity index (χ3n) is 6.66. The molecule has 0 aliphatic carbocycles. The molecule has 3 aromatic rings. The zero-order chi connectivity index (χ0) is 22.5. The maximum absolute atomic E-state index is 13.8. The number of rotatable bonds is 4. The summed E-state index contributed by atoms with van der Waals surface area (Å²) in [5.74, 6) is -0.379. The molecule has 3 atom stereocenters. The zero-order valence-electron chi connectivity index (χ0n) is 17.7. The van der Waals surface area contributed by atoms with Gasteiger partial charge in [0.05, 0.1) is 23.6 Å². The molecule has 5 nitrogen and oxygen atoms in total. The van der Waals surface area contributed by atoms with Crippen LogP contribution in [0.25, 0.3) is 11.1 Å². The van der Waals surface area contributed by atoms with Gasteiger partial charge in [-0.3, -0.25) is 0 Å². The molecule has 0 radical (unpaired) electrons. The van der Waals surface area contributed by atoms with Crippen LogP contribution in [-0.4, -0.2) is 37.0 Å². The van der Waals surface area contributed by atoms with Crippen molar-refractivity contribution in [2.45, 2.75) is 30.3 Å². The van der Waals surface area contributed by atoms with Crippen LogP contribution in [0.5, 0.6) is 0 Å². The smallest absolute Gasteiger partial charge is 0.243 e. The van der Waals surface area contributed by atoms with Crippen LogP contribution in [0.4, 0.5) is 10.1 Å². The molecule has 0 unspecified atom stereocenters. The van der Waals surface area contributed by atoms with Crippen molar-refractivity contribution in [3.8, 4) is 11.1 Å². The summed E-state index contributed by atoms with van der Waals surface area (Å²) in [6, 6.07) is 18.5. The molecule has 2 heterocycles. The van der Waals surface area contributed by atoms with Gasteiger partial charge in [0.1, 0.15) is 5.82 Å². The van der Waals surface area contributed by atoms with Crippen LogP contribution in [0.3, 0.4) is 0 Å². The molecule has 0 amide bonds. The van der Waals surface area contributed by atoms with Crippen molar-refractivity contribution < 1.29 is 17.9 Å². The number of hydrogen-bond donors (Lipinski definition) is 2. The second-order valence-electron chi connectivity index (χ2n) is 8.52. The van der Waals surface area contributed by atoms with Gasteiger partial charge in [0.2, 0.25) is 10.0 Å². The minimum atomic E-state index is -3.73. The highest BCUT2D eigenvalue weighted by Gasteiger charge is 2.48. The number of halogens is 1. The van der Waals surface area contributed by atoms with Crippen LogP contribution in [0.1, 0.15) is 23.6 Å². The molecular weight excluding hydrogens is 427 g/mol. The number of anilines is 1. The summed E-state index contributed by atoms with van der Waals surface area (Å²) in [5.41, 5.74) is 3.93. The third-order valence-corrected chi connectivity index (χ3v) is 8.70. The van der Waals surface area contributed by atoms with Crippen molar-refractivity contribution in [2.75, 3.05) is 18.5 Å². The van der Waals surface area contributed by atoms with E-state index in [4.69, 9.17) is 0 Å². The Morgan fingerprint density at radius 1 is 1.06 bits per heavy atom. The molecule has 5 rings (SSSR count). The van der Waals surface area contributed by atoms with E-state index in [-0.39, 0.29) is 24.4 Å². The lowest BCUT2D eigenvalue weighted by Gasteiger charge is -2.39. The number of hydrogen-bond acceptors (Lipinski definition) is 4.